The van der Waals surface area contributed by atoms with Crippen molar-refractivity contribution in [2.45, 2.75) is 61.1 Å². The van der Waals surface area contributed by atoms with Gasteiger partial charge in [0, 0.05) is 10.9 Å². The van der Waals surface area contributed by atoms with Crippen LogP contribution in [0.25, 0.3) is 0 Å². The maximum Gasteiger partial charge on any atom is 0.307 e. The van der Waals surface area contributed by atoms with Gasteiger partial charge in [-0.05, 0) is 25.0 Å². The number of rotatable bonds is 5. The van der Waals surface area contributed by atoms with Crippen LogP contribution >= 0.6 is 11.8 Å². The molecule has 0 unspecified atom stereocenters. The molecule has 140 valence electrons. The molecule has 1 aromatic rings. The van der Waals surface area contributed by atoms with Crippen molar-refractivity contribution in [1.29, 1.82) is 0 Å². The molecule has 0 aromatic heterocycles. The Bertz CT molecular complexity index is 671. The quantitative estimate of drug-likeness (QED) is 0.610. The molecule has 6 nitrogen and oxygen atoms in total. The van der Waals surface area contributed by atoms with Gasteiger partial charge in [-0.2, -0.15) is 0 Å². The third-order valence-corrected chi connectivity index (χ3v) is 5.92. The molecule has 3 rings (SSSR count). The Morgan fingerprint density at radius 1 is 1.15 bits per heavy atom. The number of carbonyl (C=O) groups excluding carboxylic acids is 3. The lowest BCUT2D eigenvalue weighted by atomic mass is 10.1. The Kier molecular flexibility index (Phi) is 6.55. The summed E-state index contributed by atoms with van der Waals surface area (Å²) >= 11 is 1.35. The molecule has 7 heteroatoms. The number of benzene rings is 1. The molecule has 0 saturated heterocycles. The minimum absolute atomic E-state index is 0.0540. The maximum absolute atomic E-state index is 12.1. The topological polar surface area (TPSA) is 84.5 Å². The van der Waals surface area contributed by atoms with Gasteiger partial charge < -0.3 is 15.4 Å². The number of fused-ring (bicyclic) bond motifs is 1. The molecule has 1 atom stereocenters. The van der Waals surface area contributed by atoms with Gasteiger partial charge in [0.05, 0.1) is 17.4 Å². The Balaban J connectivity index is 1.42. The molecule has 1 aliphatic carbocycles. The number of carbonyl (C=O) groups is 3. The van der Waals surface area contributed by atoms with Crippen LogP contribution in [-0.4, -0.2) is 35.7 Å². The second-order valence-electron chi connectivity index (χ2n) is 6.71. The largest absolute Gasteiger partial charge is 0.456 e. The fourth-order valence-corrected chi connectivity index (χ4v) is 4.37. The van der Waals surface area contributed by atoms with Crippen LogP contribution in [0.2, 0.25) is 0 Å². The highest BCUT2D eigenvalue weighted by atomic mass is 32.2. The molecule has 0 radical (unpaired) electrons. The predicted octanol–water partition coefficient (Wildman–Crippen LogP) is 2.87. The zero-order valence-electron chi connectivity index (χ0n) is 14.7. The van der Waals surface area contributed by atoms with Gasteiger partial charge in [-0.1, -0.05) is 37.8 Å². The summed E-state index contributed by atoms with van der Waals surface area (Å²) in [5, 5.41) is 5.19. The van der Waals surface area contributed by atoms with Gasteiger partial charge in [-0.3, -0.25) is 14.4 Å². The number of ether oxygens (including phenoxy) is 1. The van der Waals surface area contributed by atoms with Crippen molar-refractivity contribution in [2.24, 2.45) is 0 Å². The summed E-state index contributed by atoms with van der Waals surface area (Å²) in [5.74, 6) is -1.02. The van der Waals surface area contributed by atoms with E-state index in [0.29, 0.717) is 0 Å². The fraction of sp³-hybridized carbons (Fsp3) is 0.526. The summed E-state index contributed by atoms with van der Waals surface area (Å²) in [6.45, 7) is -0.287. The Labute approximate surface area is 157 Å². The second-order valence-corrected chi connectivity index (χ2v) is 7.96. The van der Waals surface area contributed by atoms with E-state index in [-0.39, 0.29) is 30.9 Å². The number of amides is 2. The third-order valence-electron chi connectivity index (χ3n) is 4.64. The molecule has 1 aliphatic heterocycles. The van der Waals surface area contributed by atoms with Crippen molar-refractivity contribution in [3.63, 3.8) is 0 Å². The number of esters is 1. The van der Waals surface area contributed by atoms with E-state index in [9.17, 15) is 14.4 Å². The summed E-state index contributed by atoms with van der Waals surface area (Å²) in [4.78, 5) is 37.0. The summed E-state index contributed by atoms with van der Waals surface area (Å²) in [6, 6.07) is 7.64. The number of thioether (sulfide) groups is 1. The smallest absolute Gasteiger partial charge is 0.307 e. The number of hydrogen-bond acceptors (Lipinski definition) is 5. The molecule has 1 fully saturated rings. The highest BCUT2D eigenvalue weighted by molar-refractivity contribution is 8.01. The van der Waals surface area contributed by atoms with Gasteiger partial charge in [0.15, 0.2) is 6.61 Å². The van der Waals surface area contributed by atoms with Crippen LogP contribution in [0.1, 0.15) is 44.9 Å². The molecule has 26 heavy (non-hydrogen) atoms. The van der Waals surface area contributed by atoms with E-state index in [1.807, 2.05) is 24.3 Å². The van der Waals surface area contributed by atoms with Crippen LogP contribution in [0.4, 0.5) is 5.69 Å². The van der Waals surface area contributed by atoms with E-state index in [2.05, 4.69) is 10.6 Å². The maximum atomic E-state index is 12.1. The van der Waals surface area contributed by atoms with Crippen LogP contribution in [0.5, 0.6) is 0 Å². The molecule has 2 amide bonds. The first-order chi connectivity index (χ1) is 12.6. The Morgan fingerprint density at radius 2 is 1.88 bits per heavy atom. The van der Waals surface area contributed by atoms with E-state index in [1.165, 1.54) is 24.6 Å². The van der Waals surface area contributed by atoms with Gasteiger partial charge in [-0.15, -0.1) is 11.8 Å². The van der Waals surface area contributed by atoms with Gasteiger partial charge >= 0.3 is 5.97 Å². The van der Waals surface area contributed by atoms with Gasteiger partial charge in [0.2, 0.25) is 5.91 Å². The SMILES string of the molecule is O=C(COC(=O)C[C@@H]1Sc2ccccc2NC1=O)NC1CCCCCC1. The van der Waals surface area contributed by atoms with Crippen LogP contribution in [0.3, 0.4) is 0 Å². The molecule has 2 N–H and O–H groups in total. The van der Waals surface area contributed by atoms with Gasteiger partial charge in [-0.25, -0.2) is 0 Å². The standard InChI is InChI=1S/C19H24N2O4S/c22-17(20-13-7-3-1-2-4-8-13)12-25-18(23)11-16-19(24)21-14-9-5-6-10-15(14)26-16/h5-6,9-10,13,16H,1-4,7-8,11-12H2,(H,20,22)(H,21,24)/t16-/m0/s1. The molecule has 1 saturated carbocycles. The first-order valence-electron chi connectivity index (χ1n) is 9.13. The zero-order valence-corrected chi connectivity index (χ0v) is 15.5. The van der Waals surface area contributed by atoms with Crippen molar-refractivity contribution >= 4 is 35.2 Å². The third kappa shape index (κ3) is 5.24. The zero-order chi connectivity index (χ0) is 18.4. The Morgan fingerprint density at radius 3 is 2.65 bits per heavy atom. The number of para-hydroxylation sites is 1. The number of hydrogen-bond donors (Lipinski definition) is 2. The first kappa shape index (κ1) is 18.8. The summed E-state index contributed by atoms with van der Waals surface area (Å²) in [7, 11) is 0. The number of anilines is 1. The van der Waals surface area contributed by atoms with E-state index >= 15 is 0 Å². The van der Waals surface area contributed by atoms with Crippen molar-refractivity contribution < 1.29 is 19.1 Å². The second kappa shape index (κ2) is 9.07. The van der Waals surface area contributed by atoms with Crippen molar-refractivity contribution in [1.82, 2.24) is 5.32 Å². The molecule has 0 spiro atoms. The fourth-order valence-electron chi connectivity index (χ4n) is 3.28. The molecule has 1 aromatic carbocycles. The number of nitrogens with one attached hydrogen (secondary N) is 2. The van der Waals surface area contributed by atoms with Crippen molar-refractivity contribution in [2.75, 3.05) is 11.9 Å². The average Bonchev–Trinajstić information content (AvgIpc) is 2.89. The van der Waals surface area contributed by atoms with E-state index in [0.717, 1.165) is 36.3 Å². The minimum Gasteiger partial charge on any atom is -0.456 e. The van der Waals surface area contributed by atoms with E-state index < -0.39 is 11.2 Å². The normalized spacial score (nSPS) is 20.5. The lowest BCUT2D eigenvalue weighted by Crippen LogP contribution is -2.38. The van der Waals surface area contributed by atoms with E-state index in [4.69, 9.17) is 4.74 Å². The molecule has 2 aliphatic rings. The van der Waals surface area contributed by atoms with Crippen molar-refractivity contribution in [3.8, 4) is 0 Å². The average molecular weight is 376 g/mol. The molecule has 1 heterocycles. The van der Waals surface area contributed by atoms with Crippen LogP contribution in [0, 0.1) is 0 Å². The Hall–Kier alpha value is -2.02. The first-order valence-corrected chi connectivity index (χ1v) is 10.0. The summed E-state index contributed by atoms with van der Waals surface area (Å²) in [5.41, 5.74) is 0.759. The van der Waals surface area contributed by atoms with Gasteiger partial charge in [0.1, 0.15) is 0 Å². The van der Waals surface area contributed by atoms with Gasteiger partial charge in [0.25, 0.3) is 5.91 Å². The lowest BCUT2D eigenvalue weighted by Gasteiger charge is -2.23. The summed E-state index contributed by atoms with van der Waals surface area (Å²) < 4.78 is 5.07. The van der Waals surface area contributed by atoms with Crippen LogP contribution < -0.4 is 10.6 Å². The molecular weight excluding hydrogens is 352 g/mol. The summed E-state index contributed by atoms with van der Waals surface area (Å²) in [6.07, 6.45) is 6.59. The monoisotopic (exact) mass is 376 g/mol. The highest BCUT2D eigenvalue weighted by Crippen LogP contribution is 2.36. The highest BCUT2D eigenvalue weighted by Gasteiger charge is 2.29. The lowest BCUT2D eigenvalue weighted by molar-refractivity contribution is -0.149. The van der Waals surface area contributed by atoms with Crippen molar-refractivity contribution in [3.05, 3.63) is 24.3 Å². The van der Waals surface area contributed by atoms with Crippen LogP contribution in [0.15, 0.2) is 29.2 Å². The molecular formula is C19H24N2O4S. The molecule has 0 bridgehead atoms. The van der Waals surface area contributed by atoms with Crippen LogP contribution in [-0.2, 0) is 19.1 Å². The van der Waals surface area contributed by atoms with E-state index in [1.54, 1.807) is 0 Å². The minimum atomic E-state index is -0.540. The predicted molar refractivity (Wildman–Crippen MR) is 99.9 cm³/mol.